The van der Waals surface area contributed by atoms with Crippen molar-refractivity contribution in [2.75, 3.05) is 48.8 Å². The molecular weight excluding hydrogens is 324 g/mol. The van der Waals surface area contributed by atoms with E-state index in [0.717, 1.165) is 31.1 Å². The van der Waals surface area contributed by atoms with Gasteiger partial charge in [0.1, 0.15) is 0 Å². The molecule has 0 unspecified atom stereocenters. The maximum absolute atomic E-state index is 5.87. The van der Waals surface area contributed by atoms with E-state index in [-0.39, 0.29) is 0 Å². The zero-order chi connectivity index (χ0) is 16.2. The van der Waals surface area contributed by atoms with Gasteiger partial charge in [0.15, 0.2) is 0 Å². The second kappa shape index (κ2) is 7.38. The highest BCUT2D eigenvalue weighted by molar-refractivity contribution is 7.99. The first kappa shape index (κ1) is 16.4. The first-order chi connectivity index (χ1) is 11.2. The highest BCUT2D eigenvalue weighted by atomic mass is 32.2. The minimum Gasteiger partial charge on any atom is -0.397 e. The summed E-state index contributed by atoms with van der Waals surface area (Å²) in [6.07, 6.45) is 2.14. The fraction of sp³-hybridized carbons (Fsp3) is 0.294. The molecule has 0 spiro atoms. The highest BCUT2D eigenvalue weighted by Crippen LogP contribution is 2.32. The number of nitrogens with two attached hydrogens (primary N) is 2. The quantitative estimate of drug-likeness (QED) is 0.654. The molecule has 4 N–H and O–H groups in total. The molecule has 0 saturated carbocycles. The van der Waals surface area contributed by atoms with Gasteiger partial charge in [-0.15, -0.1) is 0 Å². The van der Waals surface area contributed by atoms with Crippen molar-refractivity contribution in [1.82, 2.24) is 4.31 Å². The lowest BCUT2D eigenvalue weighted by molar-refractivity contribution is 0.431. The van der Waals surface area contributed by atoms with E-state index in [2.05, 4.69) is 39.7 Å². The van der Waals surface area contributed by atoms with Gasteiger partial charge in [-0.25, -0.2) is 4.31 Å². The van der Waals surface area contributed by atoms with Crippen LogP contribution in [0.4, 0.5) is 17.1 Å². The van der Waals surface area contributed by atoms with E-state index in [1.807, 2.05) is 30.1 Å². The average Bonchev–Trinajstić information content (AvgIpc) is 2.59. The molecule has 0 aliphatic carbocycles. The normalized spacial score (nSPS) is 15.8. The van der Waals surface area contributed by atoms with Gasteiger partial charge < -0.3 is 16.4 Å². The molecule has 0 radical (unpaired) electrons. The van der Waals surface area contributed by atoms with Crippen molar-refractivity contribution in [2.24, 2.45) is 0 Å². The van der Waals surface area contributed by atoms with Crippen LogP contribution in [0, 0.1) is 0 Å². The third-order valence-electron chi connectivity index (χ3n) is 3.99. The van der Waals surface area contributed by atoms with Gasteiger partial charge in [-0.3, -0.25) is 0 Å². The summed E-state index contributed by atoms with van der Waals surface area (Å²) < 4.78 is 2.41. The second-order valence-corrected chi connectivity index (χ2v) is 7.51. The summed E-state index contributed by atoms with van der Waals surface area (Å²) in [5, 5.41) is 0. The molecule has 1 fully saturated rings. The van der Waals surface area contributed by atoms with Crippen LogP contribution in [-0.4, -0.2) is 36.7 Å². The van der Waals surface area contributed by atoms with E-state index < -0.39 is 0 Å². The van der Waals surface area contributed by atoms with Crippen LogP contribution in [0.5, 0.6) is 0 Å². The van der Waals surface area contributed by atoms with E-state index in [0.29, 0.717) is 11.4 Å². The van der Waals surface area contributed by atoms with Crippen LogP contribution >= 0.6 is 23.7 Å². The fourth-order valence-electron chi connectivity index (χ4n) is 2.61. The van der Waals surface area contributed by atoms with Crippen molar-refractivity contribution in [2.45, 2.75) is 9.79 Å². The summed E-state index contributed by atoms with van der Waals surface area (Å²) >= 11 is 3.54. The zero-order valence-electron chi connectivity index (χ0n) is 13.2. The number of nitrogen functional groups attached to an aromatic ring is 2. The van der Waals surface area contributed by atoms with Crippen LogP contribution in [0.2, 0.25) is 0 Å². The number of hydrogen-bond donors (Lipinski definition) is 2. The average molecular weight is 347 g/mol. The number of piperazine rings is 1. The van der Waals surface area contributed by atoms with E-state index in [1.54, 1.807) is 11.8 Å². The molecule has 2 aromatic carbocycles. The van der Waals surface area contributed by atoms with Crippen LogP contribution in [0.25, 0.3) is 0 Å². The maximum Gasteiger partial charge on any atom is 0.0559 e. The van der Waals surface area contributed by atoms with Gasteiger partial charge in [-0.1, -0.05) is 23.7 Å². The molecule has 1 aliphatic rings. The smallest absolute Gasteiger partial charge is 0.0559 e. The molecule has 122 valence electrons. The Morgan fingerprint density at radius 2 is 1.48 bits per heavy atom. The van der Waals surface area contributed by atoms with Gasteiger partial charge in [0.25, 0.3) is 0 Å². The predicted molar refractivity (Wildman–Crippen MR) is 103 cm³/mol. The Morgan fingerprint density at radius 1 is 0.826 bits per heavy atom. The van der Waals surface area contributed by atoms with Crippen LogP contribution in [0.1, 0.15) is 0 Å². The molecule has 23 heavy (non-hydrogen) atoms. The maximum atomic E-state index is 5.87. The Kier molecular flexibility index (Phi) is 5.25. The zero-order valence-corrected chi connectivity index (χ0v) is 14.9. The van der Waals surface area contributed by atoms with Crippen molar-refractivity contribution >= 4 is 40.8 Å². The summed E-state index contributed by atoms with van der Waals surface area (Å²) in [4.78, 5) is 4.77. The lowest BCUT2D eigenvalue weighted by Gasteiger charge is -2.34. The molecule has 0 bridgehead atoms. The van der Waals surface area contributed by atoms with Gasteiger partial charge in [0.2, 0.25) is 0 Å². The molecule has 0 atom stereocenters. The largest absolute Gasteiger partial charge is 0.397 e. The minimum absolute atomic E-state index is 0.633. The van der Waals surface area contributed by atoms with E-state index in [1.165, 1.54) is 10.6 Å². The Labute approximate surface area is 146 Å². The van der Waals surface area contributed by atoms with Gasteiger partial charge in [0, 0.05) is 41.7 Å². The van der Waals surface area contributed by atoms with E-state index in [4.69, 9.17) is 11.5 Å². The number of nitrogens with zero attached hydrogens (tertiary/aromatic N) is 2. The van der Waals surface area contributed by atoms with Gasteiger partial charge in [-0.05, 0) is 48.7 Å². The lowest BCUT2D eigenvalue weighted by Crippen LogP contribution is -2.43. The predicted octanol–water partition coefficient (Wildman–Crippen LogP) is 3.40. The Hall–Kier alpha value is -1.50. The van der Waals surface area contributed by atoms with Crippen molar-refractivity contribution in [1.29, 1.82) is 0 Å². The molecule has 6 heteroatoms. The highest BCUT2D eigenvalue weighted by Gasteiger charge is 2.16. The Morgan fingerprint density at radius 3 is 2.09 bits per heavy atom. The SMILES string of the molecule is CSN1CCN(c2ccc(Sc3ccc(N)c(N)c3)cc2)CC1. The lowest BCUT2D eigenvalue weighted by atomic mass is 10.2. The van der Waals surface area contributed by atoms with E-state index >= 15 is 0 Å². The summed E-state index contributed by atoms with van der Waals surface area (Å²) in [6, 6.07) is 14.6. The molecule has 0 aromatic heterocycles. The first-order valence-electron chi connectivity index (χ1n) is 7.62. The second-order valence-electron chi connectivity index (χ2n) is 5.49. The van der Waals surface area contributed by atoms with Crippen molar-refractivity contribution in [3.8, 4) is 0 Å². The first-order valence-corrected chi connectivity index (χ1v) is 9.62. The third-order valence-corrected chi connectivity index (χ3v) is 5.87. The molecule has 2 aromatic rings. The van der Waals surface area contributed by atoms with Gasteiger partial charge in [0.05, 0.1) is 11.4 Å². The Bertz CT molecular complexity index is 652. The number of anilines is 3. The molecule has 1 heterocycles. The molecular formula is C17H22N4S2. The molecule has 3 rings (SSSR count). The summed E-state index contributed by atoms with van der Waals surface area (Å²) in [6.45, 7) is 4.40. The minimum atomic E-state index is 0.633. The van der Waals surface area contributed by atoms with Gasteiger partial charge in [-0.2, -0.15) is 0 Å². The number of hydrogen-bond acceptors (Lipinski definition) is 6. The standard InChI is InChI=1S/C17H22N4S2/c1-22-21-10-8-20(9-11-21)13-2-4-14(5-3-13)23-15-6-7-16(18)17(19)12-15/h2-7,12H,8-11,18-19H2,1H3. The third kappa shape index (κ3) is 4.07. The van der Waals surface area contributed by atoms with Crippen LogP contribution in [0.3, 0.4) is 0 Å². The number of rotatable bonds is 4. The van der Waals surface area contributed by atoms with Crippen molar-refractivity contribution < 1.29 is 0 Å². The molecule has 4 nitrogen and oxygen atoms in total. The fourth-order valence-corrected chi connectivity index (χ4v) is 4.00. The van der Waals surface area contributed by atoms with Crippen LogP contribution < -0.4 is 16.4 Å². The van der Waals surface area contributed by atoms with Crippen molar-refractivity contribution in [3.05, 3.63) is 42.5 Å². The van der Waals surface area contributed by atoms with Crippen LogP contribution in [-0.2, 0) is 0 Å². The molecule has 0 amide bonds. The van der Waals surface area contributed by atoms with Crippen molar-refractivity contribution in [3.63, 3.8) is 0 Å². The Balaban J connectivity index is 1.64. The number of benzene rings is 2. The summed E-state index contributed by atoms with van der Waals surface area (Å²) in [5.74, 6) is 0. The van der Waals surface area contributed by atoms with Gasteiger partial charge >= 0.3 is 0 Å². The molecule has 1 aliphatic heterocycles. The monoisotopic (exact) mass is 346 g/mol. The topological polar surface area (TPSA) is 58.5 Å². The summed E-state index contributed by atoms with van der Waals surface area (Å²) in [7, 11) is 0. The van der Waals surface area contributed by atoms with Crippen LogP contribution in [0.15, 0.2) is 52.3 Å². The molecule has 1 saturated heterocycles. The summed E-state index contributed by atoms with van der Waals surface area (Å²) in [5.41, 5.74) is 14.2. The van der Waals surface area contributed by atoms with E-state index in [9.17, 15) is 0 Å².